The maximum absolute atomic E-state index is 4.49. The van der Waals surface area contributed by atoms with Gasteiger partial charge in [0.15, 0.2) is 0 Å². The van der Waals surface area contributed by atoms with Gasteiger partial charge in [-0.1, -0.05) is 0 Å². The average Bonchev–Trinajstić information content (AvgIpc) is 2.54. The van der Waals surface area contributed by atoms with Gasteiger partial charge in [0.1, 0.15) is 0 Å². The molecule has 0 bridgehead atoms. The van der Waals surface area contributed by atoms with E-state index >= 15 is 0 Å². The number of hydrogen-bond acceptors (Lipinski definition) is 0. The van der Waals surface area contributed by atoms with Crippen LogP contribution >= 0.6 is 19.8 Å². The number of halogens is 1. The van der Waals surface area contributed by atoms with E-state index in [1.807, 2.05) is 0 Å². The summed E-state index contributed by atoms with van der Waals surface area (Å²) in [4.78, 5) is 5.04. The van der Waals surface area contributed by atoms with Gasteiger partial charge in [-0.25, -0.2) is 0 Å². The van der Waals surface area contributed by atoms with E-state index in [2.05, 4.69) is 48.5 Å². The monoisotopic (exact) mass is 436 g/mol. The Bertz CT molecular complexity index is 650. The Morgan fingerprint density at radius 3 is 2.71 bits per heavy atom. The molecule has 0 radical (unpaired) electrons. The number of hydrogen-bond donors (Lipinski definition) is 0. The van der Waals surface area contributed by atoms with Crippen LogP contribution in [0.3, 0.4) is 0 Å². The number of benzene rings is 1. The Hall–Kier alpha value is -0.570. The van der Waals surface area contributed by atoms with Crippen molar-refractivity contribution in [3.63, 3.8) is 0 Å². The Kier molecular flexibility index (Phi) is 5.89. The molecule has 3 rings (SSSR count). The second-order valence-corrected chi connectivity index (χ2v) is 13.4. The van der Waals surface area contributed by atoms with Gasteiger partial charge in [-0.05, 0) is 0 Å². The summed E-state index contributed by atoms with van der Waals surface area (Å²) in [5.41, 5.74) is 8.00. The molecule has 1 aromatic carbocycles. The van der Waals surface area contributed by atoms with Gasteiger partial charge in [-0.15, -0.1) is 0 Å². The molecule has 0 saturated heterocycles. The van der Waals surface area contributed by atoms with Crippen molar-refractivity contribution >= 4 is 19.8 Å². The molecule has 0 saturated carbocycles. The summed E-state index contributed by atoms with van der Waals surface area (Å²) < 4.78 is 1.76. The summed E-state index contributed by atoms with van der Waals surface area (Å²) in [5.74, 6) is 1.32. The molecule has 0 aromatic heterocycles. The first-order chi connectivity index (χ1) is 11.5. The van der Waals surface area contributed by atoms with Crippen molar-refractivity contribution in [1.29, 1.82) is 0 Å². The van der Waals surface area contributed by atoms with Crippen LogP contribution < -0.4 is 0 Å². The Morgan fingerprint density at radius 2 is 2.00 bits per heavy atom. The first kappa shape index (κ1) is 18.2. The molecule has 2 unspecified atom stereocenters. The van der Waals surface area contributed by atoms with Crippen molar-refractivity contribution < 1.29 is 0 Å². The molecule has 0 heterocycles. The molecule has 0 spiro atoms. The normalized spacial score (nSPS) is 23.4. The summed E-state index contributed by atoms with van der Waals surface area (Å²) in [6.07, 6.45) is 11.5. The van der Waals surface area contributed by atoms with Crippen molar-refractivity contribution in [2.45, 2.75) is 64.7 Å². The van der Waals surface area contributed by atoms with Crippen LogP contribution in [0.1, 0.15) is 68.6 Å². The Morgan fingerprint density at radius 1 is 1.21 bits per heavy atom. The number of unbranched alkanes of at least 4 members (excludes halogenated alkanes) is 2. The van der Waals surface area contributed by atoms with Gasteiger partial charge in [0.25, 0.3) is 0 Å². The fraction of sp³-hybridized carbons (Fsp3) is 0.565. The molecule has 2 aliphatic carbocycles. The number of allylic oxidation sites excluding steroid dienone is 3. The van der Waals surface area contributed by atoms with Gasteiger partial charge in [0, 0.05) is 0 Å². The van der Waals surface area contributed by atoms with E-state index in [9.17, 15) is 0 Å². The third kappa shape index (κ3) is 3.66. The number of rotatable bonds is 5. The van der Waals surface area contributed by atoms with E-state index in [1.54, 1.807) is 25.8 Å². The van der Waals surface area contributed by atoms with Gasteiger partial charge >= 0.3 is 157 Å². The molecular weight excluding hydrogens is 403 g/mol. The van der Waals surface area contributed by atoms with Gasteiger partial charge in [-0.2, -0.15) is 0 Å². The van der Waals surface area contributed by atoms with Crippen molar-refractivity contribution in [1.82, 2.24) is 0 Å². The summed E-state index contributed by atoms with van der Waals surface area (Å²) >= 11 is -1.01. The number of fused-ring (bicyclic) bond motifs is 3. The molecule has 0 amide bonds. The Balaban J connectivity index is 2.04. The molecule has 132 valence electrons. The predicted octanol–water partition coefficient (Wildman–Crippen LogP) is 6.91. The van der Waals surface area contributed by atoms with Gasteiger partial charge in [0.05, 0.1) is 0 Å². The first-order valence-electron chi connectivity index (χ1n) is 9.52. The summed E-state index contributed by atoms with van der Waals surface area (Å²) in [7, 11) is 0. The molecule has 0 N–H and O–H groups in total. The van der Waals surface area contributed by atoms with Crippen molar-refractivity contribution in [3.8, 4) is 0 Å². The molecule has 2 atom stereocenters. The van der Waals surface area contributed by atoms with Gasteiger partial charge in [0.2, 0.25) is 0 Å². The predicted molar refractivity (Wildman–Crippen MR) is 116 cm³/mol. The minimum atomic E-state index is -1.01. The molecule has 1 heteroatoms. The number of aryl methyl sites for hydroxylation is 1. The van der Waals surface area contributed by atoms with Crippen LogP contribution in [-0.4, -0.2) is 9.86 Å². The topological polar surface area (TPSA) is 0 Å². The van der Waals surface area contributed by atoms with Gasteiger partial charge < -0.3 is 0 Å². The molecule has 0 aliphatic heterocycles. The van der Waals surface area contributed by atoms with E-state index in [4.69, 9.17) is 0 Å². The third-order valence-electron chi connectivity index (χ3n) is 5.77. The SMILES string of the molecule is C=C1Cc2cc(CCCCC)cc(I(C)C)c2C2C=C(C)CCC12. The Labute approximate surface area is 156 Å². The fourth-order valence-electron chi connectivity index (χ4n) is 4.48. The minimum absolute atomic E-state index is 0.620. The zero-order valence-electron chi connectivity index (χ0n) is 15.9. The molecule has 1 aromatic rings. The zero-order chi connectivity index (χ0) is 17.3. The van der Waals surface area contributed by atoms with Crippen LogP contribution in [0.4, 0.5) is 0 Å². The van der Waals surface area contributed by atoms with E-state index in [1.165, 1.54) is 44.1 Å². The van der Waals surface area contributed by atoms with Crippen LogP contribution in [-0.2, 0) is 12.8 Å². The van der Waals surface area contributed by atoms with Crippen LogP contribution in [0.2, 0.25) is 0 Å². The molecule has 2 aliphatic rings. The van der Waals surface area contributed by atoms with Crippen LogP contribution in [0.25, 0.3) is 0 Å². The van der Waals surface area contributed by atoms with Crippen molar-refractivity contribution in [3.05, 3.63) is 56.2 Å². The van der Waals surface area contributed by atoms with Crippen LogP contribution in [0.5, 0.6) is 0 Å². The first-order valence-corrected chi connectivity index (χ1v) is 14.9. The van der Waals surface area contributed by atoms with Crippen LogP contribution in [0.15, 0.2) is 35.9 Å². The van der Waals surface area contributed by atoms with E-state index in [-0.39, 0.29) is 0 Å². The standard InChI is InChI=1S/C23H33I/c1-6-7-8-9-18-14-19-13-17(3)20-11-10-16(2)12-21(20)23(19)22(15-18)24(4)5/h12,14-15,20-21H,3,6-11,13H2,1-2,4-5H3. The van der Waals surface area contributed by atoms with Crippen molar-refractivity contribution in [2.75, 3.05) is 9.86 Å². The quantitative estimate of drug-likeness (QED) is 0.204. The summed E-state index contributed by atoms with van der Waals surface area (Å²) in [6.45, 7) is 9.10. The van der Waals surface area contributed by atoms with E-state index in [0.717, 1.165) is 6.42 Å². The van der Waals surface area contributed by atoms with Crippen molar-refractivity contribution in [2.24, 2.45) is 5.92 Å². The summed E-state index contributed by atoms with van der Waals surface area (Å²) in [6, 6.07) is 5.13. The third-order valence-corrected chi connectivity index (χ3v) is 8.99. The van der Waals surface area contributed by atoms with Crippen LogP contribution in [0, 0.1) is 9.49 Å². The second kappa shape index (κ2) is 7.76. The van der Waals surface area contributed by atoms with E-state index in [0.29, 0.717) is 11.8 Å². The zero-order valence-corrected chi connectivity index (χ0v) is 18.1. The summed E-state index contributed by atoms with van der Waals surface area (Å²) in [5, 5.41) is 0. The number of alkyl halides is 2. The molecule has 24 heavy (non-hydrogen) atoms. The maximum atomic E-state index is 4.49. The fourth-order valence-corrected chi connectivity index (χ4v) is 7.37. The van der Waals surface area contributed by atoms with E-state index < -0.39 is 19.8 Å². The molecule has 0 nitrogen and oxygen atoms in total. The molecule has 0 fully saturated rings. The average molecular weight is 436 g/mol. The molecular formula is C23H33I. The second-order valence-electron chi connectivity index (χ2n) is 7.88. The van der Waals surface area contributed by atoms with Gasteiger partial charge in [-0.3, -0.25) is 0 Å².